The number of nitrogens with one attached hydrogen (secondary N) is 1. The first-order valence-corrected chi connectivity index (χ1v) is 16.4. The Hall–Kier alpha value is -4.61. The average Bonchev–Trinajstić information content (AvgIpc) is 3.12. The second-order valence-corrected chi connectivity index (χ2v) is 12.6. The number of rotatable bonds is 10. The van der Waals surface area contributed by atoms with E-state index in [0.29, 0.717) is 6.54 Å². The van der Waals surface area contributed by atoms with Gasteiger partial charge in [-0.25, -0.2) is 0 Å². The summed E-state index contributed by atoms with van der Waals surface area (Å²) in [5.74, 6) is -0.00342. The van der Waals surface area contributed by atoms with Gasteiger partial charge in [0.15, 0.2) is 6.29 Å². The van der Waals surface area contributed by atoms with E-state index in [4.69, 9.17) is 9.47 Å². The third-order valence-electron chi connectivity index (χ3n) is 9.40. The van der Waals surface area contributed by atoms with Gasteiger partial charge in [0, 0.05) is 75.5 Å². The summed E-state index contributed by atoms with van der Waals surface area (Å²) in [6.45, 7) is 8.21. The lowest BCUT2D eigenvalue weighted by molar-refractivity contribution is -0.384. The minimum Gasteiger partial charge on any atom is -0.392 e. The van der Waals surface area contributed by atoms with Crippen LogP contribution in [0.2, 0.25) is 0 Å². The summed E-state index contributed by atoms with van der Waals surface area (Å²) in [5.41, 5.74) is 7.06. The summed E-state index contributed by atoms with van der Waals surface area (Å²) < 4.78 is 13.4. The molecule has 2 aliphatic rings. The van der Waals surface area contributed by atoms with Crippen molar-refractivity contribution in [3.8, 4) is 11.1 Å². The fourth-order valence-electron chi connectivity index (χ4n) is 6.55. The predicted molar refractivity (Wildman–Crippen MR) is 184 cm³/mol. The standard InChI is InChI=1S/C38H42N4O6/c1-26-36(24-40-19-21-41(22-20-40)33-15-17-34(18-16-33)42(45)46)47-38(48-37(26)30-9-7-28(25-43)8-10-30)31-13-11-29(12-14-31)35-6-4-3-5-32(35)23-39-27(2)44/h3-18,26,36-38,43H,19-25H2,1-2H3,(H,39,44)/t26-,36+,37+,38+/m1/s1. The van der Waals surface area contributed by atoms with Crippen LogP contribution in [0.15, 0.2) is 97.1 Å². The van der Waals surface area contributed by atoms with Gasteiger partial charge in [0.1, 0.15) is 0 Å². The average molecular weight is 651 g/mol. The number of hydrogen-bond acceptors (Lipinski definition) is 8. The second kappa shape index (κ2) is 15.1. The van der Waals surface area contributed by atoms with Gasteiger partial charge < -0.3 is 24.8 Å². The van der Waals surface area contributed by atoms with E-state index in [1.807, 2.05) is 54.6 Å². The second-order valence-electron chi connectivity index (χ2n) is 12.6. The van der Waals surface area contributed by atoms with Crippen molar-refractivity contribution in [1.29, 1.82) is 0 Å². The number of aliphatic hydroxyl groups excluding tert-OH is 1. The molecule has 0 spiro atoms. The molecular weight excluding hydrogens is 608 g/mol. The van der Waals surface area contributed by atoms with Gasteiger partial charge in [-0.1, -0.05) is 79.7 Å². The highest BCUT2D eigenvalue weighted by atomic mass is 16.7. The number of ether oxygens (including phenoxy) is 2. The Labute approximate surface area is 281 Å². The molecule has 1 amide bonds. The first kappa shape index (κ1) is 33.3. The maximum absolute atomic E-state index is 11.5. The Balaban J connectivity index is 1.18. The SMILES string of the molecule is CC(=O)NCc1ccccc1-c1ccc([C@H]2O[C@@H](CN3CCN(c4ccc([N+](=O)[O-])cc4)CC3)[C@@H](C)[C@@H](c3ccc(CO)cc3)O2)cc1. The van der Waals surface area contributed by atoms with Crippen molar-refractivity contribution in [2.45, 2.75) is 45.5 Å². The molecule has 0 unspecified atom stereocenters. The molecule has 2 heterocycles. The Morgan fingerprint density at radius 1 is 0.896 bits per heavy atom. The first-order chi connectivity index (χ1) is 23.3. The van der Waals surface area contributed by atoms with Gasteiger partial charge >= 0.3 is 0 Å². The summed E-state index contributed by atoms with van der Waals surface area (Å²) in [7, 11) is 0. The maximum Gasteiger partial charge on any atom is 0.269 e. The van der Waals surface area contributed by atoms with E-state index in [1.54, 1.807) is 12.1 Å². The lowest BCUT2D eigenvalue weighted by Gasteiger charge is -2.44. The number of hydrogen-bond donors (Lipinski definition) is 2. The van der Waals surface area contributed by atoms with Crippen LogP contribution < -0.4 is 10.2 Å². The number of nitrogens with zero attached hydrogens (tertiary/aromatic N) is 3. The normalized spacial score (nSPS) is 21.5. The molecular formula is C38H42N4O6. The van der Waals surface area contributed by atoms with Crippen LogP contribution in [0.3, 0.4) is 0 Å². The maximum atomic E-state index is 11.5. The van der Waals surface area contributed by atoms with Crippen LogP contribution in [0.4, 0.5) is 11.4 Å². The van der Waals surface area contributed by atoms with Crippen LogP contribution in [-0.4, -0.2) is 59.7 Å². The molecule has 2 fully saturated rings. The molecule has 250 valence electrons. The van der Waals surface area contributed by atoms with E-state index in [2.05, 4.69) is 52.4 Å². The fourth-order valence-corrected chi connectivity index (χ4v) is 6.55. The quantitative estimate of drug-likeness (QED) is 0.159. The summed E-state index contributed by atoms with van der Waals surface area (Å²) in [6, 6.07) is 31.0. The summed E-state index contributed by atoms with van der Waals surface area (Å²) in [4.78, 5) is 26.9. The molecule has 0 aromatic heterocycles. The molecule has 2 saturated heterocycles. The van der Waals surface area contributed by atoms with Crippen LogP contribution in [-0.2, 0) is 27.4 Å². The highest BCUT2D eigenvalue weighted by molar-refractivity contribution is 5.74. The zero-order chi connectivity index (χ0) is 33.6. The smallest absolute Gasteiger partial charge is 0.269 e. The third-order valence-corrected chi connectivity index (χ3v) is 9.40. The van der Waals surface area contributed by atoms with Crippen molar-refractivity contribution in [1.82, 2.24) is 10.2 Å². The van der Waals surface area contributed by atoms with Gasteiger partial charge in [-0.05, 0) is 39.9 Å². The number of benzene rings is 4. The zero-order valence-corrected chi connectivity index (χ0v) is 27.3. The van der Waals surface area contributed by atoms with Crippen molar-refractivity contribution in [3.63, 3.8) is 0 Å². The van der Waals surface area contributed by atoms with E-state index < -0.39 is 6.29 Å². The number of carbonyl (C=O) groups is 1. The van der Waals surface area contributed by atoms with Gasteiger partial charge in [-0.3, -0.25) is 19.8 Å². The lowest BCUT2D eigenvalue weighted by Crippen LogP contribution is -2.51. The number of carbonyl (C=O) groups excluding carboxylic acids is 1. The van der Waals surface area contributed by atoms with E-state index in [9.17, 15) is 20.0 Å². The summed E-state index contributed by atoms with van der Waals surface area (Å²) in [5, 5.41) is 23.6. The molecule has 48 heavy (non-hydrogen) atoms. The van der Waals surface area contributed by atoms with Gasteiger partial charge in [0.2, 0.25) is 5.91 Å². The topological polar surface area (TPSA) is 117 Å². The molecule has 4 atom stereocenters. The van der Waals surface area contributed by atoms with Crippen molar-refractivity contribution < 1.29 is 24.3 Å². The van der Waals surface area contributed by atoms with Crippen molar-refractivity contribution in [2.75, 3.05) is 37.6 Å². The number of anilines is 1. The minimum atomic E-state index is -0.571. The van der Waals surface area contributed by atoms with Gasteiger partial charge in [0.25, 0.3) is 5.69 Å². The molecule has 6 rings (SSSR count). The number of non-ortho nitro benzene ring substituents is 1. The molecule has 0 saturated carbocycles. The summed E-state index contributed by atoms with van der Waals surface area (Å²) in [6.07, 6.45) is -0.880. The number of piperazine rings is 1. The van der Waals surface area contributed by atoms with Gasteiger partial charge in [0.05, 0.1) is 23.7 Å². The molecule has 0 aliphatic carbocycles. The van der Waals surface area contributed by atoms with Gasteiger partial charge in [-0.2, -0.15) is 0 Å². The van der Waals surface area contributed by atoms with E-state index >= 15 is 0 Å². The molecule has 0 bridgehead atoms. The number of amides is 1. The molecule has 2 aliphatic heterocycles. The molecule has 2 N–H and O–H groups in total. The van der Waals surface area contributed by atoms with Crippen molar-refractivity contribution in [2.24, 2.45) is 5.92 Å². The molecule has 4 aromatic rings. The molecule has 10 nitrogen and oxygen atoms in total. The van der Waals surface area contributed by atoms with Crippen LogP contribution >= 0.6 is 0 Å². The predicted octanol–water partition coefficient (Wildman–Crippen LogP) is 6.00. The number of nitro groups is 1. The Bertz CT molecular complexity index is 1690. The van der Waals surface area contributed by atoms with Crippen LogP contribution in [0.1, 0.15) is 48.5 Å². The Kier molecular flexibility index (Phi) is 10.5. The Morgan fingerprint density at radius 3 is 2.21 bits per heavy atom. The van der Waals surface area contributed by atoms with Gasteiger partial charge in [-0.15, -0.1) is 0 Å². The van der Waals surface area contributed by atoms with Crippen LogP contribution in [0, 0.1) is 16.0 Å². The highest BCUT2D eigenvalue weighted by Crippen LogP contribution is 2.42. The molecule has 0 radical (unpaired) electrons. The first-order valence-electron chi connectivity index (χ1n) is 16.4. The van der Waals surface area contributed by atoms with Crippen molar-refractivity contribution in [3.05, 3.63) is 129 Å². The summed E-state index contributed by atoms with van der Waals surface area (Å²) >= 11 is 0. The van der Waals surface area contributed by atoms with E-state index in [1.165, 1.54) is 6.92 Å². The lowest BCUT2D eigenvalue weighted by atomic mass is 9.89. The monoisotopic (exact) mass is 650 g/mol. The van der Waals surface area contributed by atoms with Crippen LogP contribution in [0.5, 0.6) is 0 Å². The third kappa shape index (κ3) is 7.74. The molecule has 10 heteroatoms. The zero-order valence-electron chi connectivity index (χ0n) is 27.3. The van der Waals surface area contributed by atoms with E-state index in [0.717, 1.165) is 71.8 Å². The Morgan fingerprint density at radius 2 is 1.56 bits per heavy atom. The highest BCUT2D eigenvalue weighted by Gasteiger charge is 2.39. The van der Waals surface area contributed by atoms with Crippen molar-refractivity contribution >= 4 is 17.3 Å². The largest absolute Gasteiger partial charge is 0.392 e. The minimum absolute atomic E-state index is 0.0120. The molecule has 4 aromatic carbocycles. The fraction of sp³-hybridized carbons (Fsp3) is 0.342. The number of aliphatic hydroxyl groups is 1. The number of nitro benzene ring substituents is 1. The van der Waals surface area contributed by atoms with E-state index in [-0.39, 0.29) is 41.3 Å². The van der Waals surface area contributed by atoms with Crippen LogP contribution in [0.25, 0.3) is 11.1 Å².